The predicted octanol–water partition coefficient (Wildman–Crippen LogP) is 1.70. The number of carboxylic acid groups (broad SMARTS) is 1. The van der Waals surface area contributed by atoms with Crippen LogP contribution in [0.4, 0.5) is 5.69 Å². The lowest BCUT2D eigenvalue weighted by Gasteiger charge is -2.13. The van der Waals surface area contributed by atoms with E-state index in [9.17, 15) is 14.4 Å². The van der Waals surface area contributed by atoms with Crippen LogP contribution >= 0.6 is 11.6 Å². The number of nitrogens with one attached hydrogen (secondary N) is 1. The molecule has 1 fully saturated rings. The Kier molecular flexibility index (Phi) is 4.18. The number of amides is 2. The topological polar surface area (TPSA) is 86.7 Å². The molecule has 1 aromatic carbocycles. The SMILES string of the molecule is CN(C)C(=O)c1ccc(Cl)c(NC(=O)[C@@H]2C[C@@H]2C(=O)O)c1. The monoisotopic (exact) mass is 310 g/mol. The van der Waals surface area contributed by atoms with Gasteiger partial charge in [0.25, 0.3) is 5.91 Å². The second-order valence-corrected chi connectivity index (χ2v) is 5.58. The summed E-state index contributed by atoms with van der Waals surface area (Å²) in [6.45, 7) is 0. The van der Waals surface area contributed by atoms with Crippen LogP contribution in [-0.2, 0) is 9.59 Å². The van der Waals surface area contributed by atoms with Crippen molar-refractivity contribution in [2.75, 3.05) is 19.4 Å². The average molecular weight is 311 g/mol. The summed E-state index contributed by atoms with van der Waals surface area (Å²) in [5, 5.41) is 11.7. The van der Waals surface area contributed by atoms with Crippen molar-refractivity contribution in [1.82, 2.24) is 4.90 Å². The molecule has 2 amide bonds. The van der Waals surface area contributed by atoms with E-state index in [-0.39, 0.29) is 5.91 Å². The van der Waals surface area contributed by atoms with Gasteiger partial charge in [-0.15, -0.1) is 0 Å². The molecule has 0 aromatic heterocycles. The first-order valence-electron chi connectivity index (χ1n) is 6.36. The Hall–Kier alpha value is -2.08. The normalized spacial score (nSPS) is 19.8. The van der Waals surface area contributed by atoms with E-state index in [2.05, 4.69) is 5.32 Å². The van der Waals surface area contributed by atoms with E-state index in [0.29, 0.717) is 22.7 Å². The second kappa shape index (κ2) is 5.73. The maximum atomic E-state index is 11.9. The molecule has 2 atom stereocenters. The zero-order chi connectivity index (χ0) is 15.7. The zero-order valence-corrected chi connectivity index (χ0v) is 12.3. The number of anilines is 1. The van der Waals surface area contributed by atoms with E-state index in [1.165, 1.54) is 17.0 Å². The summed E-state index contributed by atoms with van der Waals surface area (Å²) in [7, 11) is 3.24. The highest BCUT2D eigenvalue weighted by molar-refractivity contribution is 6.34. The van der Waals surface area contributed by atoms with Gasteiger partial charge in [-0.2, -0.15) is 0 Å². The second-order valence-electron chi connectivity index (χ2n) is 5.17. The van der Waals surface area contributed by atoms with Gasteiger partial charge in [-0.25, -0.2) is 0 Å². The Morgan fingerprint density at radius 3 is 2.48 bits per heavy atom. The van der Waals surface area contributed by atoms with Gasteiger partial charge in [-0.05, 0) is 24.6 Å². The molecule has 1 aliphatic carbocycles. The third kappa shape index (κ3) is 3.33. The van der Waals surface area contributed by atoms with Crippen molar-refractivity contribution in [1.29, 1.82) is 0 Å². The molecular formula is C14H15ClN2O4. The van der Waals surface area contributed by atoms with E-state index < -0.39 is 23.7 Å². The average Bonchev–Trinajstić information content (AvgIpc) is 3.20. The number of carboxylic acids is 1. The summed E-state index contributed by atoms with van der Waals surface area (Å²) < 4.78 is 0. The number of rotatable bonds is 4. The highest BCUT2D eigenvalue weighted by atomic mass is 35.5. The summed E-state index contributed by atoms with van der Waals surface area (Å²) in [5.41, 5.74) is 0.704. The summed E-state index contributed by atoms with van der Waals surface area (Å²) in [6.07, 6.45) is 0.328. The Morgan fingerprint density at radius 2 is 1.95 bits per heavy atom. The van der Waals surface area contributed by atoms with Crippen LogP contribution < -0.4 is 5.32 Å². The quantitative estimate of drug-likeness (QED) is 0.886. The van der Waals surface area contributed by atoms with Gasteiger partial charge in [0, 0.05) is 19.7 Å². The lowest BCUT2D eigenvalue weighted by atomic mass is 10.1. The highest BCUT2D eigenvalue weighted by Crippen LogP contribution is 2.40. The molecule has 21 heavy (non-hydrogen) atoms. The van der Waals surface area contributed by atoms with Gasteiger partial charge in [-0.1, -0.05) is 11.6 Å². The number of carbonyl (C=O) groups excluding carboxylic acids is 2. The van der Waals surface area contributed by atoms with Crippen molar-refractivity contribution in [2.24, 2.45) is 11.8 Å². The molecular weight excluding hydrogens is 296 g/mol. The predicted molar refractivity (Wildman–Crippen MR) is 77.3 cm³/mol. The Labute approximate surface area is 126 Å². The minimum atomic E-state index is -0.974. The molecule has 0 radical (unpaired) electrons. The van der Waals surface area contributed by atoms with Crippen molar-refractivity contribution >= 4 is 35.1 Å². The van der Waals surface area contributed by atoms with Crippen LogP contribution in [0.5, 0.6) is 0 Å². The molecule has 0 saturated heterocycles. The van der Waals surface area contributed by atoms with E-state index in [1.54, 1.807) is 20.2 Å². The Morgan fingerprint density at radius 1 is 1.29 bits per heavy atom. The first-order chi connectivity index (χ1) is 9.81. The molecule has 1 aromatic rings. The first kappa shape index (κ1) is 15.3. The Balaban J connectivity index is 2.13. The van der Waals surface area contributed by atoms with E-state index in [1.807, 2.05) is 0 Å². The van der Waals surface area contributed by atoms with Gasteiger partial charge in [0.1, 0.15) is 0 Å². The van der Waals surface area contributed by atoms with Crippen molar-refractivity contribution in [3.8, 4) is 0 Å². The summed E-state index contributed by atoms with van der Waals surface area (Å²) in [4.78, 5) is 36.0. The molecule has 0 bridgehead atoms. The fourth-order valence-corrected chi connectivity index (χ4v) is 2.16. The number of hydrogen-bond donors (Lipinski definition) is 2. The third-order valence-electron chi connectivity index (χ3n) is 3.32. The van der Waals surface area contributed by atoms with Crippen molar-refractivity contribution in [3.63, 3.8) is 0 Å². The van der Waals surface area contributed by atoms with Crippen LogP contribution in [0.15, 0.2) is 18.2 Å². The number of halogens is 1. The molecule has 2 rings (SSSR count). The van der Waals surface area contributed by atoms with Crippen molar-refractivity contribution in [2.45, 2.75) is 6.42 Å². The molecule has 0 spiro atoms. The van der Waals surface area contributed by atoms with Crippen LogP contribution in [0, 0.1) is 11.8 Å². The molecule has 112 valence electrons. The fourth-order valence-electron chi connectivity index (χ4n) is 2.00. The van der Waals surface area contributed by atoms with Crippen LogP contribution in [0.2, 0.25) is 5.02 Å². The van der Waals surface area contributed by atoms with Crippen molar-refractivity contribution in [3.05, 3.63) is 28.8 Å². The number of hydrogen-bond acceptors (Lipinski definition) is 3. The number of aliphatic carboxylic acids is 1. The molecule has 1 aliphatic rings. The van der Waals surface area contributed by atoms with Gasteiger partial charge in [0.15, 0.2) is 0 Å². The molecule has 0 aliphatic heterocycles. The summed E-state index contributed by atoms with van der Waals surface area (Å²) in [5.74, 6) is -2.74. The smallest absolute Gasteiger partial charge is 0.307 e. The van der Waals surface area contributed by atoms with E-state index >= 15 is 0 Å². The molecule has 1 saturated carbocycles. The largest absolute Gasteiger partial charge is 0.481 e. The maximum Gasteiger partial charge on any atom is 0.307 e. The molecule has 6 nitrogen and oxygen atoms in total. The first-order valence-corrected chi connectivity index (χ1v) is 6.74. The Bertz CT molecular complexity index is 615. The number of nitrogens with zero attached hydrogens (tertiary/aromatic N) is 1. The lowest BCUT2D eigenvalue weighted by molar-refractivity contribution is -0.139. The van der Waals surface area contributed by atoms with Crippen molar-refractivity contribution < 1.29 is 19.5 Å². The minimum Gasteiger partial charge on any atom is -0.481 e. The molecule has 2 N–H and O–H groups in total. The van der Waals surface area contributed by atoms with Gasteiger partial charge in [0.05, 0.1) is 22.5 Å². The number of benzene rings is 1. The van der Waals surface area contributed by atoms with Gasteiger partial charge < -0.3 is 15.3 Å². The molecule has 0 unspecified atom stereocenters. The van der Waals surface area contributed by atoms with Crippen LogP contribution in [-0.4, -0.2) is 41.9 Å². The van der Waals surface area contributed by atoms with Crippen LogP contribution in [0.1, 0.15) is 16.8 Å². The standard InChI is InChI=1S/C14H15ClN2O4/c1-17(2)13(19)7-3-4-10(15)11(5-7)16-12(18)8-6-9(8)14(20)21/h3-5,8-9H,6H2,1-2H3,(H,16,18)(H,20,21)/t8-,9+/m1/s1. The van der Waals surface area contributed by atoms with Gasteiger partial charge in [0.2, 0.25) is 5.91 Å². The lowest BCUT2D eigenvalue weighted by Crippen LogP contribution is -2.22. The maximum absolute atomic E-state index is 11.9. The minimum absolute atomic E-state index is 0.211. The molecule has 7 heteroatoms. The van der Waals surface area contributed by atoms with E-state index in [4.69, 9.17) is 16.7 Å². The highest BCUT2D eigenvalue weighted by Gasteiger charge is 2.48. The van der Waals surface area contributed by atoms with Gasteiger partial charge in [-0.3, -0.25) is 14.4 Å². The van der Waals surface area contributed by atoms with Crippen LogP contribution in [0.3, 0.4) is 0 Å². The fraction of sp³-hybridized carbons (Fsp3) is 0.357. The molecule has 0 heterocycles. The van der Waals surface area contributed by atoms with Crippen LogP contribution in [0.25, 0.3) is 0 Å². The summed E-state index contributed by atoms with van der Waals surface area (Å²) >= 11 is 5.99. The third-order valence-corrected chi connectivity index (χ3v) is 3.65. The van der Waals surface area contributed by atoms with E-state index in [0.717, 1.165) is 0 Å². The summed E-state index contributed by atoms with van der Waals surface area (Å²) in [6, 6.07) is 4.58. The zero-order valence-electron chi connectivity index (χ0n) is 11.6. The number of carbonyl (C=O) groups is 3. The van der Waals surface area contributed by atoms with Gasteiger partial charge >= 0.3 is 5.97 Å².